The topological polar surface area (TPSA) is 103 Å². The van der Waals surface area contributed by atoms with Gasteiger partial charge < -0.3 is 4.74 Å². The summed E-state index contributed by atoms with van der Waals surface area (Å²) < 4.78 is 6.27. The van der Waals surface area contributed by atoms with E-state index in [0.29, 0.717) is 10.9 Å². The molecule has 2 aromatic rings. The van der Waals surface area contributed by atoms with Crippen molar-refractivity contribution in [3.63, 3.8) is 0 Å². The van der Waals surface area contributed by atoms with E-state index in [2.05, 4.69) is 20.1 Å². The highest BCUT2D eigenvalue weighted by atomic mass is 35.5. The maximum absolute atomic E-state index is 11.3. The second kappa shape index (κ2) is 6.16. The highest BCUT2D eigenvalue weighted by Gasteiger charge is 2.10. The van der Waals surface area contributed by atoms with Crippen molar-refractivity contribution in [2.45, 2.75) is 16.8 Å². The lowest BCUT2D eigenvalue weighted by molar-refractivity contribution is 0.177. The second-order valence-electron chi connectivity index (χ2n) is 3.68. The maximum atomic E-state index is 11.3. The molecular formula is C10H10ClN5O3S. The number of nitrogens with zero attached hydrogens (tertiary/aromatic N) is 4. The first-order valence-electron chi connectivity index (χ1n) is 5.37. The summed E-state index contributed by atoms with van der Waals surface area (Å²) in [5, 5.41) is 3.38. The van der Waals surface area contributed by atoms with Gasteiger partial charge in [-0.2, -0.15) is 4.98 Å². The molecule has 1 N–H and O–H groups in total. The van der Waals surface area contributed by atoms with Gasteiger partial charge in [-0.3, -0.25) is 19.4 Å². The molecule has 0 unspecified atom stereocenters. The number of aromatic amines is 1. The molecule has 106 valence electrons. The Labute approximate surface area is 122 Å². The van der Waals surface area contributed by atoms with Crippen LogP contribution in [0.15, 0.2) is 25.8 Å². The van der Waals surface area contributed by atoms with E-state index in [-0.39, 0.29) is 16.9 Å². The first-order valence-corrected chi connectivity index (χ1v) is 6.56. The Kier molecular flexibility index (Phi) is 4.53. The van der Waals surface area contributed by atoms with Crippen molar-refractivity contribution in [2.24, 2.45) is 7.05 Å². The zero-order valence-corrected chi connectivity index (χ0v) is 12.2. The van der Waals surface area contributed by atoms with Crippen LogP contribution in [-0.4, -0.2) is 31.8 Å². The molecule has 8 nitrogen and oxygen atoms in total. The quantitative estimate of drug-likeness (QED) is 0.635. The van der Waals surface area contributed by atoms with Gasteiger partial charge in [0.2, 0.25) is 0 Å². The molecule has 0 fully saturated rings. The molecule has 0 saturated carbocycles. The molecule has 0 atom stereocenters. The van der Waals surface area contributed by atoms with Crippen LogP contribution in [0.4, 0.5) is 0 Å². The average molecular weight is 316 g/mol. The van der Waals surface area contributed by atoms with Crippen molar-refractivity contribution in [2.75, 3.05) is 7.11 Å². The van der Waals surface area contributed by atoms with Gasteiger partial charge in [0.25, 0.3) is 0 Å². The summed E-state index contributed by atoms with van der Waals surface area (Å²) >= 11 is 6.96. The SMILES string of the molecule is COCc1nc(Cl)cc(Sc2nc(=O)c(=O)[nH]n2C)n1. The number of hydrogen-bond acceptors (Lipinski definition) is 7. The Bertz CT molecular complexity index is 744. The number of aromatic nitrogens is 5. The monoisotopic (exact) mass is 315 g/mol. The molecule has 10 heteroatoms. The zero-order chi connectivity index (χ0) is 14.7. The molecule has 0 spiro atoms. The Balaban J connectivity index is 2.37. The molecule has 2 rings (SSSR count). The summed E-state index contributed by atoms with van der Waals surface area (Å²) in [6.45, 7) is 0.214. The molecule has 0 aliphatic heterocycles. The van der Waals surface area contributed by atoms with Crippen molar-refractivity contribution in [1.29, 1.82) is 0 Å². The summed E-state index contributed by atoms with van der Waals surface area (Å²) in [6, 6.07) is 1.53. The van der Waals surface area contributed by atoms with Crippen LogP contribution < -0.4 is 11.1 Å². The van der Waals surface area contributed by atoms with Gasteiger partial charge in [0.05, 0.1) is 0 Å². The largest absolute Gasteiger partial charge is 0.377 e. The van der Waals surface area contributed by atoms with Gasteiger partial charge in [-0.05, 0) is 11.8 Å². The molecular weight excluding hydrogens is 306 g/mol. The minimum Gasteiger partial charge on any atom is -0.377 e. The first kappa shape index (κ1) is 14.7. The van der Waals surface area contributed by atoms with Crippen molar-refractivity contribution in [3.05, 3.63) is 37.8 Å². The molecule has 0 saturated heterocycles. The summed E-state index contributed by atoms with van der Waals surface area (Å²) in [7, 11) is 3.08. The fraction of sp³-hybridized carbons (Fsp3) is 0.300. The van der Waals surface area contributed by atoms with E-state index in [1.807, 2.05) is 0 Å². The number of H-pyrrole nitrogens is 1. The zero-order valence-electron chi connectivity index (χ0n) is 10.6. The molecule has 2 aromatic heterocycles. The number of ether oxygens (including phenoxy) is 1. The van der Waals surface area contributed by atoms with Gasteiger partial charge in [0, 0.05) is 20.2 Å². The van der Waals surface area contributed by atoms with E-state index >= 15 is 0 Å². The van der Waals surface area contributed by atoms with Crippen LogP contribution in [0.1, 0.15) is 5.82 Å². The highest BCUT2D eigenvalue weighted by molar-refractivity contribution is 7.99. The molecule has 0 radical (unpaired) electrons. The lowest BCUT2D eigenvalue weighted by Gasteiger charge is -2.06. The molecule has 0 amide bonds. The van der Waals surface area contributed by atoms with Crippen LogP contribution in [-0.2, 0) is 18.4 Å². The number of methoxy groups -OCH3 is 1. The van der Waals surface area contributed by atoms with E-state index in [0.717, 1.165) is 11.8 Å². The predicted molar refractivity (Wildman–Crippen MR) is 72.0 cm³/mol. The third kappa shape index (κ3) is 3.44. The molecule has 0 bridgehead atoms. The van der Waals surface area contributed by atoms with Gasteiger partial charge in [-0.25, -0.2) is 9.97 Å². The number of nitrogens with one attached hydrogen (secondary N) is 1. The Morgan fingerprint density at radius 3 is 2.85 bits per heavy atom. The number of rotatable bonds is 4. The molecule has 0 aliphatic rings. The van der Waals surface area contributed by atoms with Crippen LogP contribution in [0.25, 0.3) is 0 Å². The fourth-order valence-corrected chi connectivity index (χ4v) is 2.42. The minimum atomic E-state index is -0.858. The molecule has 20 heavy (non-hydrogen) atoms. The van der Waals surface area contributed by atoms with Crippen LogP contribution in [0.3, 0.4) is 0 Å². The first-order chi connectivity index (χ1) is 9.49. The lowest BCUT2D eigenvalue weighted by Crippen LogP contribution is -2.33. The van der Waals surface area contributed by atoms with E-state index in [1.165, 1.54) is 17.9 Å². The van der Waals surface area contributed by atoms with Gasteiger partial charge in [-0.15, -0.1) is 0 Å². The molecule has 0 aliphatic carbocycles. The van der Waals surface area contributed by atoms with Crippen LogP contribution in [0.2, 0.25) is 5.15 Å². The van der Waals surface area contributed by atoms with Crippen molar-refractivity contribution < 1.29 is 4.74 Å². The van der Waals surface area contributed by atoms with E-state index < -0.39 is 11.1 Å². The van der Waals surface area contributed by atoms with Crippen LogP contribution in [0.5, 0.6) is 0 Å². The van der Waals surface area contributed by atoms with Crippen molar-refractivity contribution in [3.8, 4) is 0 Å². The summed E-state index contributed by atoms with van der Waals surface area (Å²) in [5.41, 5.74) is -1.64. The van der Waals surface area contributed by atoms with E-state index in [1.54, 1.807) is 7.05 Å². The summed E-state index contributed by atoms with van der Waals surface area (Å²) in [6.07, 6.45) is 0. The molecule has 0 aromatic carbocycles. The third-order valence-electron chi connectivity index (χ3n) is 2.13. The minimum absolute atomic E-state index is 0.214. The number of halogens is 1. The lowest BCUT2D eigenvalue weighted by atomic mass is 10.6. The van der Waals surface area contributed by atoms with E-state index in [9.17, 15) is 9.59 Å². The smallest absolute Gasteiger partial charge is 0.339 e. The average Bonchev–Trinajstić information content (AvgIpc) is 2.35. The van der Waals surface area contributed by atoms with Gasteiger partial charge in [0.1, 0.15) is 16.8 Å². The number of aryl methyl sites for hydroxylation is 1. The summed E-state index contributed by atoms with van der Waals surface area (Å²) in [4.78, 5) is 34.2. The Morgan fingerprint density at radius 1 is 1.40 bits per heavy atom. The van der Waals surface area contributed by atoms with Crippen molar-refractivity contribution in [1.82, 2.24) is 24.7 Å². The predicted octanol–water partition coefficient (Wildman–Crippen LogP) is 0.210. The number of hydrogen-bond donors (Lipinski definition) is 1. The third-order valence-corrected chi connectivity index (χ3v) is 3.29. The molecule has 2 heterocycles. The Hall–Kier alpha value is -1.71. The van der Waals surface area contributed by atoms with E-state index in [4.69, 9.17) is 16.3 Å². The van der Waals surface area contributed by atoms with Crippen molar-refractivity contribution >= 4 is 23.4 Å². The van der Waals surface area contributed by atoms with Crippen LogP contribution >= 0.6 is 23.4 Å². The standard InChI is InChI=1S/C10H10ClN5O3S/c1-16-10(14-8(17)9(18)15-16)20-7-3-5(11)12-6(13-7)4-19-2/h3H,4H2,1-2H3,(H,15,18). The van der Waals surface area contributed by atoms with Crippen LogP contribution in [0, 0.1) is 0 Å². The van der Waals surface area contributed by atoms with Gasteiger partial charge in [-0.1, -0.05) is 11.6 Å². The summed E-state index contributed by atoms with van der Waals surface area (Å²) in [5.74, 6) is 0.414. The van der Waals surface area contributed by atoms with Gasteiger partial charge in [0.15, 0.2) is 11.0 Å². The second-order valence-corrected chi connectivity index (χ2v) is 5.05. The normalized spacial score (nSPS) is 10.8. The fourth-order valence-electron chi connectivity index (χ4n) is 1.33. The maximum Gasteiger partial charge on any atom is 0.339 e. The highest BCUT2D eigenvalue weighted by Crippen LogP contribution is 2.24. The van der Waals surface area contributed by atoms with Gasteiger partial charge >= 0.3 is 11.1 Å². The Morgan fingerprint density at radius 2 is 2.15 bits per heavy atom.